The van der Waals surface area contributed by atoms with Gasteiger partial charge < -0.3 is 51.1 Å². The van der Waals surface area contributed by atoms with Crippen molar-refractivity contribution < 1.29 is 39.2 Å². The molecule has 10 atom stereocenters. The zero-order chi connectivity index (χ0) is 48.7. The third kappa shape index (κ3) is 6.70. The summed E-state index contributed by atoms with van der Waals surface area (Å²) in [6, 6.07) is 11.0. The first-order chi connectivity index (χ1) is 32.4. The van der Waals surface area contributed by atoms with Gasteiger partial charge in [0, 0.05) is 98.1 Å². The molecule has 3 fully saturated rings. The summed E-state index contributed by atoms with van der Waals surface area (Å²) < 4.78 is 12.2. The molecule has 364 valence electrons. The predicted molar refractivity (Wildman–Crippen MR) is 253 cm³/mol. The van der Waals surface area contributed by atoms with Crippen molar-refractivity contribution in [1.82, 2.24) is 29.8 Å². The maximum Gasteiger partial charge on any atom is 0.322 e. The number of aliphatic hydroxyl groups excluding tert-OH is 1. The standard InChI is InChI=1S/C43H55N5O7.C6H10N6O/c1-6-39(52)21-25-22-42(38(51)55-5,33-27(13-17-47(23-25)24-39)26-11-8-9-12-30(26)45-33)29-19-28-31(20-32(29)54-4)46(3)35-41(28)15-18-48-16-10-14-40(7-2,34(41)48)36(49)43(35,53)37(44)50;1-12(2)11-10-6-4(5(7)13)8-3-9-6/h8-12,14,19-20,25,34-36,45,49,52-53H,6-7,13,15-18,21-24H2,1-5H3,(H2,44,50);3H,1-2H3,(H2,7,13)(H,8,9)/t25-,34+,35-,36-,39+,40-,41-,42+,43+;/m1./s1. The van der Waals surface area contributed by atoms with Crippen LogP contribution in [0.1, 0.15) is 78.8 Å². The number of primary amides is 2. The molecule has 2 saturated heterocycles. The van der Waals surface area contributed by atoms with E-state index in [1.54, 1.807) is 21.2 Å². The number of piperidine rings is 1. The van der Waals surface area contributed by atoms with E-state index in [-0.39, 0.29) is 23.5 Å². The summed E-state index contributed by atoms with van der Waals surface area (Å²) in [4.78, 5) is 56.4. The summed E-state index contributed by atoms with van der Waals surface area (Å²) in [6.07, 6.45) is 7.12. The van der Waals surface area contributed by atoms with Crippen molar-refractivity contribution in [2.24, 2.45) is 33.1 Å². The van der Waals surface area contributed by atoms with Crippen LogP contribution >= 0.6 is 0 Å². The summed E-state index contributed by atoms with van der Waals surface area (Å²) in [5.41, 5.74) is 9.92. The lowest BCUT2D eigenvalue weighted by atomic mass is 9.47. The normalized spacial score (nSPS) is 33.6. The van der Waals surface area contributed by atoms with Crippen LogP contribution in [-0.2, 0) is 31.6 Å². The number of nitrogens with two attached hydrogens (primary N) is 2. The van der Waals surface area contributed by atoms with Crippen LogP contribution in [0.2, 0.25) is 0 Å². The number of imidazole rings is 1. The van der Waals surface area contributed by atoms with Crippen molar-refractivity contribution in [3.8, 4) is 5.75 Å². The van der Waals surface area contributed by atoms with Crippen LogP contribution in [0.25, 0.3) is 10.9 Å². The Labute approximate surface area is 395 Å². The van der Waals surface area contributed by atoms with Crippen LogP contribution < -0.4 is 21.1 Å². The summed E-state index contributed by atoms with van der Waals surface area (Å²) in [6.45, 7) is 7.39. The zero-order valence-electron chi connectivity index (χ0n) is 40.0. The largest absolute Gasteiger partial charge is 0.496 e. The molecule has 19 heteroatoms. The fourth-order valence-corrected chi connectivity index (χ4v) is 13.7. The SMILES string of the molecule is CC[C@]1(O)C[C@H]2CN(CCc3c([nH]c4ccccc34)[C@@](C(=O)OC)(c3cc4c(cc3OC)N(C)[C@H]3[C@@](O)(C(N)=O)[C@H](O)[C@]5(CC)C=CCN6CC[C@]43[C@@H]65)C2)C1.CN(C)N=Nc1nc[nH]c1C(N)=O. The molecule has 1 aliphatic carbocycles. The summed E-state index contributed by atoms with van der Waals surface area (Å²) in [5, 5.41) is 46.8. The maximum absolute atomic E-state index is 15.2. The molecule has 4 aromatic rings. The summed E-state index contributed by atoms with van der Waals surface area (Å²) in [5.74, 6) is -1.41. The number of esters is 1. The molecule has 1 unspecified atom stereocenters. The Hall–Kier alpha value is -5.86. The highest BCUT2D eigenvalue weighted by Crippen LogP contribution is 2.67. The molecule has 2 aromatic heterocycles. The lowest BCUT2D eigenvalue weighted by Crippen LogP contribution is -2.81. The first kappa shape index (κ1) is 47.2. The van der Waals surface area contributed by atoms with Crippen LogP contribution in [0.15, 0.2) is 65.2 Å². The van der Waals surface area contributed by atoms with Gasteiger partial charge in [0.25, 0.3) is 11.8 Å². The second kappa shape index (κ2) is 17.0. The number of benzene rings is 2. The van der Waals surface area contributed by atoms with Gasteiger partial charge in [-0.3, -0.25) is 29.2 Å². The highest BCUT2D eigenvalue weighted by atomic mass is 16.5. The van der Waals surface area contributed by atoms with Crippen molar-refractivity contribution in [3.63, 3.8) is 0 Å². The number of amides is 2. The zero-order valence-corrected chi connectivity index (χ0v) is 40.0. The number of anilines is 1. The Morgan fingerprint density at radius 1 is 1.03 bits per heavy atom. The number of aliphatic hydroxyl groups is 3. The van der Waals surface area contributed by atoms with Gasteiger partial charge in [0.1, 0.15) is 17.3 Å². The van der Waals surface area contributed by atoms with E-state index in [4.69, 9.17) is 20.9 Å². The van der Waals surface area contributed by atoms with Gasteiger partial charge in [-0.25, -0.2) is 4.98 Å². The van der Waals surface area contributed by atoms with E-state index < -0.39 is 57.4 Å². The topological polar surface area (TPSA) is 265 Å². The van der Waals surface area contributed by atoms with E-state index in [1.165, 1.54) is 18.4 Å². The fraction of sp³-hybridized carbons (Fsp3) is 0.551. The molecular weight excluding hydrogens is 871 g/mol. The smallest absolute Gasteiger partial charge is 0.322 e. The number of likely N-dealkylation sites (N-methyl/N-ethyl adjacent to an activating group) is 1. The molecule has 68 heavy (non-hydrogen) atoms. The molecule has 10 rings (SSSR count). The van der Waals surface area contributed by atoms with Crippen LogP contribution in [0.4, 0.5) is 11.5 Å². The molecule has 6 aliphatic rings. The second-order valence-electron chi connectivity index (χ2n) is 20.0. The molecule has 0 radical (unpaired) electrons. The lowest BCUT2D eigenvalue weighted by Gasteiger charge is -2.63. The minimum Gasteiger partial charge on any atom is -0.496 e. The molecule has 7 heterocycles. The number of aromatic nitrogens is 3. The van der Waals surface area contributed by atoms with Crippen LogP contribution in [0.3, 0.4) is 0 Å². The van der Waals surface area contributed by atoms with Gasteiger partial charge in [-0.2, -0.15) is 0 Å². The van der Waals surface area contributed by atoms with E-state index in [2.05, 4.69) is 47.2 Å². The fourth-order valence-electron chi connectivity index (χ4n) is 13.7. The predicted octanol–water partition coefficient (Wildman–Crippen LogP) is 2.80. The molecule has 5 aliphatic heterocycles. The van der Waals surface area contributed by atoms with Crippen LogP contribution in [0.5, 0.6) is 5.75 Å². The number of aromatic amines is 2. The minimum atomic E-state index is -2.30. The third-order valence-electron chi connectivity index (χ3n) is 16.4. The van der Waals surface area contributed by atoms with Gasteiger partial charge >= 0.3 is 5.97 Å². The number of hydrogen-bond acceptors (Lipinski definition) is 14. The Kier molecular flexibility index (Phi) is 11.8. The number of nitrogens with zero attached hydrogens (tertiary/aromatic N) is 7. The number of para-hydroxylation sites is 1. The Morgan fingerprint density at radius 2 is 1.79 bits per heavy atom. The van der Waals surface area contributed by atoms with E-state index in [0.29, 0.717) is 69.5 Å². The Bertz CT molecular complexity index is 2700. The second-order valence-corrected chi connectivity index (χ2v) is 20.0. The van der Waals surface area contributed by atoms with Gasteiger partial charge in [-0.1, -0.05) is 49.4 Å². The summed E-state index contributed by atoms with van der Waals surface area (Å²) in [7, 11) is 8.31. The van der Waals surface area contributed by atoms with E-state index >= 15 is 4.79 Å². The van der Waals surface area contributed by atoms with Crippen molar-refractivity contribution in [2.75, 3.05) is 73.0 Å². The van der Waals surface area contributed by atoms with Gasteiger partial charge in [-0.15, -0.1) is 5.11 Å². The maximum atomic E-state index is 15.2. The van der Waals surface area contributed by atoms with Crippen LogP contribution in [0, 0.1) is 11.3 Å². The number of rotatable bonds is 9. The van der Waals surface area contributed by atoms with Gasteiger partial charge in [-0.05, 0) is 74.2 Å². The molecule has 1 spiro atoms. The summed E-state index contributed by atoms with van der Waals surface area (Å²) >= 11 is 0. The van der Waals surface area contributed by atoms with Crippen molar-refractivity contribution >= 4 is 40.2 Å². The van der Waals surface area contributed by atoms with Crippen LogP contribution in [-0.4, -0.2) is 160 Å². The molecule has 2 amide bonds. The number of methoxy groups -OCH3 is 2. The quantitative estimate of drug-likeness (QED) is 0.0552. The van der Waals surface area contributed by atoms with E-state index in [9.17, 15) is 24.9 Å². The highest BCUT2D eigenvalue weighted by Gasteiger charge is 2.78. The molecule has 9 N–H and O–H groups in total. The molecular formula is C49H65N11O8. The molecule has 2 bridgehead atoms. The average Bonchev–Trinajstić information content (AvgIpc) is 4.11. The van der Waals surface area contributed by atoms with Crippen molar-refractivity contribution in [2.45, 2.75) is 92.6 Å². The Balaban J connectivity index is 0.000000386. The number of carbonyl (C=O) groups is 3. The number of carbonyl (C=O) groups excluding carboxylic acids is 3. The minimum absolute atomic E-state index is 0.0790. The van der Waals surface area contributed by atoms with Gasteiger partial charge in [0.15, 0.2) is 11.3 Å². The lowest BCUT2D eigenvalue weighted by molar-refractivity contribution is -0.201. The van der Waals surface area contributed by atoms with Gasteiger partial charge in [0.2, 0.25) is 5.82 Å². The van der Waals surface area contributed by atoms with E-state index in [0.717, 1.165) is 46.5 Å². The highest BCUT2D eigenvalue weighted by molar-refractivity contribution is 5.96. The van der Waals surface area contributed by atoms with Crippen molar-refractivity contribution in [3.05, 3.63) is 83.0 Å². The monoisotopic (exact) mass is 936 g/mol. The molecule has 19 nitrogen and oxygen atoms in total. The van der Waals surface area contributed by atoms with Crippen molar-refractivity contribution in [1.29, 1.82) is 0 Å². The first-order valence-corrected chi connectivity index (χ1v) is 23.5. The number of nitrogens with one attached hydrogen (secondary N) is 2. The number of fused-ring (bicyclic) bond motifs is 6. The molecule has 2 aromatic carbocycles. The number of ether oxygens (including phenoxy) is 2. The van der Waals surface area contributed by atoms with Gasteiger partial charge in [0.05, 0.1) is 32.2 Å². The van der Waals surface area contributed by atoms with E-state index in [1.807, 2.05) is 62.2 Å². The Morgan fingerprint density at radius 3 is 2.47 bits per heavy atom. The number of hydrogen-bond donors (Lipinski definition) is 7. The average molecular weight is 936 g/mol. The first-order valence-electron chi connectivity index (χ1n) is 23.5. The third-order valence-corrected chi connectivity index (χ3v) is 16.4. The number of H-pyrrole nitrogens is 2. The molecule has 1 saturated carbocycles.